The Hall–Kier alpha value is -1.84. The third kappa shape index (κ3) is 2.10. The van der Waals surface area contributed by atoms with Crippen LogP contribution in [0.4, 0.5) is 4.39 Å². The van der Waals surface area contributed by atoms with Gasteiger partial charge in [0.05, 0.1) is 6.54 Å². The Balaban J connectivity index is 1.78. The summed E-state index contributed by atoms with van der Waals surface area (Å²) in [6, 6.07) is 5.19. The van der Waals surface area contributed by atoms with Crippen molar-refractivity contribution in [1.29, 1.82) is 0 Å². The Morgan fingerprint density at radius 3 is 2.94 bits per heavy atom. The Bertz CT molecular complexity index is 575. The normalized spacial score (nSPS) is 15.0. The SMILES string of the molecule is Cc1cc2[nH]c(CNC(=O)C3CC3)cc2cc1F. The average Bonchev–Trinajstić information content (AvgIpc) is 3.10. The molecule has 0 bridgehead atoms. The van der Waals surface area contributed by atoms with E-state index < -0.39 is 0 Å². The van der Waals surface area contributed by atoms with E-state index in [0.29, 0.717) is 12.1 Å². The Morgan fingerprint density at radius 2 is 2.22 bits per heavy atom. The second-order valence-electron chi connectivity index (χ2n) is 4.98. The van der Waals surface area contributed by atoms with Crippen LogP contribution in [-0.2, 0) is 11.3 Å². The fourth-order valence-corrected chi connectivity index (χ4v) is 2.09. The van der Waals surface area contributed by atoms with E-state index in [-0.39, 0.29) is 17.6 Å². The molecule has 1 aliphatic rings. The van der Waals surface area contributed by atoms with Crippen LogP contribution in [0.1, 0.15) is 24.1 Å². The molecule has 0 spiro atoms. The molecule has 94 valence electrons. The maximum absolute atomic E-state index is 13.4. The van der Waals surface area contributed by atoms with Crippen LogP contribution in [0, 0.1) is 18.7 Å². The number of amides is 1. The molecule has 2 N–H and O–H groups in total. The first-order valence-electron chi connectivity index (χ1n) is 6.19. The summed E-state index contributed by atoms with van der Waals surface area (Å²) in [6.07, 6.45) is 2.01. The summed E-state index contributed by atoms with van der Waals surface area (Å²) >= 11 is 0. The van der Waals surface area contributed by atoms with Crippen molar-refractivity contribution in [3.8, 4) is 0 Å². The highest BCUT2D eigenvalue weighted by Crippen LogP contribution is 2.28. The fraction of sp³-hybridized carbons (Fsp3) is 0.357. The lowest BCUT2D eigenvalue weighted by molar-refractivity contribution is -0.122. The lowest BCUT2D eigenvalue weighted by Gasteiger charge is -2.01. The van der Waals surface area contributed by atoms with Crippen LogP contribution in [0.3, 0.4) is 0 Å². The molecule has 1 amide bonds. The minimum absolute atomic E-state index is 0.121. The quantitative estimate of drug-likeness (QED) is 0.859. The monoisotopic (exact) mass is 246 g/mol. The standard InChI is InChI=1S/C14H15FN2O/c1-8-4-13-10(6-12(8)15)5-11(17-13)7-16-14(18)9-2-3-9/h4-6,9,17H,2-3,7H2,1H3,(H,16,18). The number of aromatic nitrogens is 1. The zero-order valence-corrected chi connectivity index (χ0v) is 10.2. The first-order chi connectivity index (χ1) is 8.63. The molecule has 1 aromatic heterocycles. The predicted molar refractivity (Wildman–Crippen MR) is 67.6 cm³/mol. The number of aromatic amines is 1. The van der Waals surface area contributed by atoms with Crippen LogP contribution in [0.15, 0.2) is 18.2 Å². The van der Waals surface area contributed by atoms with E-state index in [1.54, 1.807) is 13.0 Å². The molecule has 0 atom stereocenters. The zero-order valence-electron chi connectivity index (χ0n) is 10.2. The van der Waals surface area contributed by atoms with Gasteiger partial charge in [-0.3, -0.25) is 4.79 Å². The molecule has 1 fully saturated rings. The number of carbonyl (C=O) groups is 1. The summed E-state index contributed by atoms with van der Waals surface area (Å²) in [7, 11) is 0. The number of H-pyrrole nitrogens is 1. The van der Waals surface area contributed by atoms with Gasteiger partial charge in [0.25, 0.3) is 0 Å². The van der Waals surface area contributed by atoms with Gasteiger partial charge in [0.1, 0.15) is 5.82 Å². The maximum Gasteiger partial charge on any atom is 0.223 e. The number of benzene rings is 1. The lowest BCUT2D eigenvalue weighted by Crippen LogP contribution is -2.24. The number of hydrogen-bond acceptors (Lipinski definition) is 1. The van der Waals surface area contributed by atoms with Crippen LogP contribution in [0.5, 0.6) is 0 Å². The summed E-state index contributed by atoms with van der Waals surface area (Å²) in [4.78, 5) is 14.7. The number of halogens is 1. The molecule has 18 heavy (non-hydrogen) atoms. The van der Waals surface area contributed by atoms with Gasteiger partial charge in [-0.1, -0.05) is 0 Å². The zero-order chi connectivity index (χ0) is 12.7. The van der Waals surface area contributed by atoms with E-state index >= 15 is 0 Å². The van der Waals surface area contributed by atoms with E-state index in [9.17, 15) is 9.18 Å². The van der Waals surface area contributed by atoms with E-state index in [0.717, 1.165) is 29.4 Å². The minimum Gasteiger partial charge on any atom is -0.357 e. The maximum atomic E-state index is 13.4. The molecular formula is C14H15FN2O. The van der Waals surface area contributed by atoms with Crippen molar-refractivity contribution < 1.29 is 9.18 Å². The van der Waals surface area contributed by atoms with Gasteiger partial charge in [-0.05, 0) is 43.5 Å². The van der Waals surface area contributed by atoms with E-state index in [1.165, 1.54) is 6.07 Å². The third-order valence-corrected chi connectivity index (χ3v) is 3.36. The third-order valence-electron chi connectivity index (χ3n) is 3.36. The molecule has 0 aliphatic heterocycles. The smallest absolute Gasteiger partial charge is 0.223 e. The predicted octanol–water partition coefficient (Wildman–Crippen LogP) is 2.64. The first-order valence-corrected chi connectivity index (χ1v) is 6.19. The lowest BCUT2D eigenvalue weighted by atomic mass is 10.2. The topological polar surface area (TPSA) is 44.9 Å². The van der Waals surface area contributed by atoms with Crippen molar-refractivity contribution in [3.05, 3.63) is 35.3 Å². The molecule has 2 aromatic rings. The molecule has 3 nitrogen and oxygen atoms in total. The fourth-order valence-electron chi connectivity index (χ4n) is 2.09. The second-order valence-corrected chi connectivity index (χ2v) is 4.98. The van der Waals surface area contributed by atoms with Crippen molar-refractivity contribution in [3.63, 3.8) is 0 Å². The Morgan fingerprint density at radius 1 is 1.44 bits per heavy atom. The van der Waals surface area contributed by atoms with Crippen LogP contribution in [0.2, 0.25) is 0 Å². The van der Waals surface area contributed by atoms with Gasteiger partial charge in [-0.25, -0.2) is 4.39 Å². The largest absolute Gasteiger partial charge is 0.357 e. The van der Waals surface area contributed by atoms with Crippen LogP contribution in [-0.4, -0.2) is 10.9 Å². The molecule has 1 aromatic carbocycles. The summed E-state index contributed by atoms with van der Waals surface area (Å²) in [6.45, 7) is 2.22. The summed E-state index contributed by atoms with van der Waals surface area (Å²) in [5, 5.41) is 3.73. The summed E-state index contributed by atoms with van der Waals surface area (Å²) < 4.78 is 13.4. The molecule has 4 heteroatoms. The summed E-state index contributed by atoms with van der Waals surface area (Å²) in [5.74, 6) is 0.139. The van der Waals surface area contributed by atoms with Crippen molar-refractivity contribution >= 4 is 16.8 Å². The van der Waals surface area contributed by atoms with Gasteiger partial charge in [0.15, 0.2) is 0 Å². The molecule has 1 aliphatic carbocycles. The number of fused-ring (bicyclic) bond motifs is 1. The van der Waals surface area contributed by atoms with Crippen LogP contribution < -0.4 is 5.32 Å². The minimum atomic E-state index is -0.199. The molecular weight excluding hydrogens is 231 g/mol. The Kier molecular flexibility index (Phi) is 2.58. The van der Waals surface area contributed by atoms with Gasteiger partial charge in [-0.2, -0.15) is 0 Å². The van der Waals surface area contributed by atoms with Crippen molar-refractivity contribution in [2.45, 2.75) is 26.3 Å². The molecule has 0 unspecified atom stereocenters. The number of aryl methyl sites for hydroxylation is 1. The number of nitrogens with one attached hydrogen (secondary N) is 2. The molecule has 0 radical (unpaired) electrons. The highest BCUT2D eigenvalue weighted by Gasteiger charge is 2.29. The van der Waals surface area contributed by atoms with Gasteiger partial charge >= 0.3 is 0 Å². The molecule has 3 rings (SSSR count). The van der Waals surface area contributed by atoms with Gasteiger partial charge in [-0.15, -0.1) is 0 Å². The molecule has 0 saturated heterocycles. The van der Waals surface area contributed by atoms with E-state index in [2.05, 4.69) is 10.3 Å². The van der Waals surface area contributed by atoms with Crippen molar-refractivity contribution in [2.24, 2.45) is 5.92 Å². The number of hydrogen-bond donors (Lipinski definition) is 2. The Labute approximate surface area is 104 Å². The van der Waals surface area contributed by atoms with Gasteiger partial charge < -0.3 is 10.3 Å². The highest BCUT2D eigenvalue weighted by atomic mass is 19.1. The van der Waals surface area contributed by atoms with E-state index in [1.807, 2.05) is 6.07 Å². The average molecular weight is 246 g/mol. The number of carbonyl (C=O) groups excluding carboxylic acids is 1. The van der Waals surface area contributed by atoms with Crippen LogP contribution in [0.25, 0.3) is 10.9 Å². The highest BCUT2D eigenvalue weighted by molar-refractivity contribution is 5.82. The van der Waals surface area contributed by atoms with Gasteiger partial charge in [0.2, 0.25) is 5.91 Å². The number of rotatable bonds is 3. The first kappa shape index (κ1) is 11.3. The van der Waals surface area contributed by atoms with Crippen molar-refractivity contribution in [1.82, 2.24) is 10.3 Å². The molecule has 1 heterocycles. The van der Waals surface area contributed by atoms with E-state index in [4.69, 9.17) is 0 Å². The second kappa shape index (κ2) is 4.12. The summed E-state index contributed by atoms with van der Waals surface area (Å²) in [5.41, 5.74) is 2.44. The van der Waals surface area contributed by atoms with Gasteiger partial charge in [0, 0.05) is 22.5 Å². The van der Waals surface area contributed by atoms with Crippen LogP contribution >= 0.6 is 0 Å². The van der Waals surface area contributed by atoms with Crippen molar-refractivity contribution in [2.75, 3.05) is 0 Å². The molecule has 1 saturated carbocycles.